The molecule has 0 aromatic heterocycles. The van der Waals surface area contributed by atoms with Gasteiger partial charge in [0.25, 0.3) is 11.8 Å². The van der Waals surface area contributed by atoms with Crippen LogP contribution in [0.4, 0.5) is 17.1 Å². The summed E-state index contributed by atoms with van der Waals surface area (Å²) in [6, 6.07) is 23.3. The largest absolute Gasteiger partial charge is 0.350 e. The molecule has 0 unspecified atom stereocenters. The van der Waals surface area contributed by atoms with E-state index in [1.807, 2.05) is 49.4 Å². The van der Waals surface area contributed by atoms with E-state index in [9.17, 15) is 14.4 Å². The number of hydrogen-bond donors (Lipinski definition) is 2. The molecule has 2 N–H and O–H groups in total. The molecule has 0 spiro atoms. The summed E-state index contributed by atoms with van der Waals surface area (Å²) >= 11 is 0. The average Bonchev–Trinajstić information content (AvgIpc) is 2.99. The Morgan fingerprint density at radius 3 is 2.03 bits per heavy atom. The normalized spacial score (nSPS) is 13.5. The van der Waals surface area contributed by atoms with E-state index in [0.717, 1.165) is 5.56 Å². The van der Waals surface area contributed by atoms with Gasteiger partial charge in [0.05, 0.1) is 11.3 Å². The van der Waals surface area contributed by atoms with E-state index < -0.39 is 11.8 Å². The number of carbonyl (C=O) groups excluding carboxylic acids is 3. The van der Waals surface area contributed by atoms with E-state index in [4.69, 9.17) is 0 Å². The Balaban J connectivity index is 1.77. The van der Waals surface area contributed by atoms with Gasteiger partial charge in [0.2, 0.25) is 5.91 Å². The summed E-state index contributed by atoms with van der Waals surface area (Å²) in [6.07, 6.45) is 0. The minimum absolute atomic E-state index is 0.184. The lowest BCUT2D eigenvalue weighted by Crippen LogP contribution is -2.32. The molecule has 0 atom stereocenters. The number of hydrogen-bond acceptors (Lipinski definition) is 4. The van der Waals surface area contributed by atoms with Crippen LogP contribution in [0.15, 0.2) is 84.6 Å². The summed E-state index contributed by atoms with van der Waals surface area (Å²) in [5.74, 6) is -1.01. The molecule has 0 saturated heterocycles. The number of aryl methyl sites for hydroxylation is 1. The second-order valence-corrected chi connectivity index (χ2v) is 7.28. The first-order valence-corrected chi connectivity index (χ1v) is 9.84. The summed E-state index contributed by atoms with van der Waals surface area (Å²) in [4.78, 5) is 39.2. The van der Waals surface area contributed by atoms with Crippen LogP contribution in [0, 0.1) is 6.92 Å². The third-order valence-corrected chi connectivity index (χ3v) is 4.91. The zero-order chi connectivity index (χ0) is 22.0. The Bertz CT molecular complexity index is 1180. The van der Waals surface area contributed by atoms with E-state index in [2.05, 4.69) is 10.6 Å². The predicted octanol–water partition coefficient (Wildman–Crippen LogP) is 4.35. The number of nitrogens with one attached hydrogen (secondary N) is 2. The fourth-order valence-corrected chi connectivity index (χ4v) is 3.43. The summed E-state index contributed by atoms with van der Waals surface area (Å²) in [6.45, 7) is 3.37. The SMILES string of the molecule is CC(=O)Nc1ccc(C2=C(Nc3ccccc3)C(=O)N(c3ccc(C)cc3)C2=O)cc1. The fourth-order valence-electron chi connectivity index (χ4n) is 3.43. The van der Waals surface area contributed by atoms with Crippen LogP contribution in [0.1, 0.15) is 18.1 Å². The predicted molar refractivity (Wildman–Crippen MR) is 121 cm³/mol. The first kappa shape index (κ1) is 20.1. The van der Waals surface area contributed by atoms with Crippen molar-refractivity contribution in [3.63, 3.8) is 0 Å². The van der Waals surface area contributed by atoms with Crippen LogP contribution in [-0.4, -0.2) is 17.7 Å². The van der Waals surface area contributed by atoms with Gasteiger partial charge in [-0.15, -0.1) is 0 Å². The number of imide groups is 1. The monoisotopic (exact) mass is 411 g/mol. The molecule has 0 bridgehead atoms. The molecule has 0 radical (unpaired) electrons. The van der Waals surface area contributed by atoms with Gasteiger partial charge in [-0.25, -0.2) is 4.90 Å². The Morgan fingerprint density at radius 2 is 1.42 bits per heavy atom. The van der Waals surface area contributed by atoms with E-state index in [1.54, 1.807) is 36.4 Å². The lowest BCUT2D eigenvalue weighted by molar-refractivity contribution is -0.120. The fraction of sp³-hybridized carbons (Fsp3) is 0.0800. The zero-order valence-corrected chi connectivity index (χ0v) is 17.2. The number of benzene rings is 3. The molecule has 1 heterocycles. The summed E-state index contributed by atoms with van der Waals surface area (Å²) in [5, 5.41) is 5.83. The highest BCUT2D eigenvalue weighted by Crippen LogP contribution is 2.34. The average molecular weight is 411 g/mol. The van der Waals surface area contributed by atoms with E-state index in [0.29, 0.717) is 22.6 Å². The van der Waals surface area contributed by atoms with Gasteiger partial charge in [-0.05, 0) is 48.9 Å². The second-order valence-electron chi connectivity index (χ2n) is 7.28. The van der Waals surface area contributed by atoms with Gasteiger partial charge in [-0.2, -0.15) is 0 Å². The van der Waals surface area contributed by atoms with Crippen molar-refractivity contribution in [3.05, 3.63) is 95.7 Å². The van der Waals surface area contributed by atoms with Crippen molar-refractivity contribution in [2.24, 2.45) is 0 Å². The summed E-state index contributed by atoms with van der Waals surface area (Å²) < 4.78 is 0. The molecular weight excluding hydrogens is 390 g/mol. The van der Waals surface area contributed by atoms with Gasteiger partial charge >= 0.3 is 0 Å². The van der Waals surface area contributed by atoms with Crippen LogP contribution in [0.25, 0.3) is 5.57 Å². The Labute approximate surface area is 180 Å². The van der Waals surface area contributed by atoms with Crippen molar-refractivity contribution in [2.45, 2.75) is 13.8 Å². The van der Waals surface area contributed by atoms with Crippen molar-refractivity contribution in [1.29, 1.82) is 0 Å². The van der Waals surface area contributed by atoms with Crippen LogP contribution >= 0.6 is 0 Å². The maximum Gasteiger partial charge on any atom is 0.282 e. The van der Waals surface area contributed by atoms with E-state index >= 15 is 0 Å². The van der Waals surface area contributed by atoms with Gasteiger partial charge in [0, 0.05) is 18.3 Å². The molecule has 0 fully saturated rings. The molecule has 0 saturated carbocycles. The third-order valence-electron chi connectivity index (χ3n) is 4.91. The van der Waals surface area contributed by atoms with Crippen LogP contribution in [0.5, 0.6) is 0 Å². The quantitative estimate of drug-likeness (QED) is 0.612. The highest BCUT2D eigenvalue weighted by molar-refractivity contribution is 6.46. The van der Waals surface area contributed by atoms with Gasteiger partial charge in [0.1, 0.15) is 5.70 Å². The topological polar surface area (TPSA) is 78.5 Å². The highest BCUT2D eigenvalue weighted by atomic mass is 16.2. The zero-order valence-electron chi connectivity index (χ0n) is 17.2. The molecule has 6 nitrogen and oxygen atoms in total. The summed E-state index contributed by atoms with van der Waals surface area (Å²) in [7, 11) is 0. The van der Waals surface area contributed by atoms with Crippen molar-refractivity contribution >= 4 is 40.4 Å². The number of para-hydroxylation sites is 1. The molecular formula is C25H21N3O3. The first-order chi connectivity index (χ1) is 14.9. The van der Waals surface area contributed by atoms with Gasteiger partial charge in [0.15, 0.2) is 0 Å². The molecule has 1 aliphatic rings. The van der Waals surface area contributed by atoms with Crippen LogP contribution in [0.2, 0.25) is 0 Å². The van der Waals surface area contributed by atoms with Crippen molar-refractivity contribution in [3.8, 4) is 0 Å². The van der Waals surface area contributed by atoms with Gasteiger partial charge in [-0.1, -0.05) is 48.0 Å². The second kappa shape index (κ2) is 8.28. The van der Waals surface area contributed by atoms with Crippen molar-refractivity contribution in [1.82, 2.24) is 0 Å². The van der Waals surface area contributed by atoms with Crippen LogP contribution < -0.4 is 15.5 Å². The number of rotatable bonds is 5. The third kappa shape index (κ3) is 4.09. The molecule has 3 amide bonds. The van der Waals surface area contributed by atoms with E-state index in [-0.39, 0.29) is 17.2 Å². The standard InChI is InChI=1S/C25H21N3O3/c1-16-8-14-21(15-9-16)28-24(30)22(18-10-12-20(13-11-18)26-17(2)29)23(25(28)31)27-19-6-4-3-5-7-19/h3-15,27H,1-2H3,(H,26,29). The van der Waals surface area contributed by atoms with Gasteiger partial charge in [-0.3, -0.25) is 14.4 Å². The minimum atomic E-state index is -0.418. The molecule has 6 heteroatoms. The van der Waals surface area contributed by atoms with Crippen molar-refractivity contribution < 1.29 is 14.4 Å². The first-order valence-electron chi connectivity index (χ1n) is 9.84. The molecule has 0 aliphatic carbocycles. The van der Waals surface area contributed by atoms with Crippen molar-refractivity contribution in [2.75, 3.05) is 15.5 Å². The Hall–Kier alpha value is -4.19. The number of anilines is 3. The van der Waals surface area contributed by atoms with E-state index in [1.165, 1.54) is 11.8 Å². The smallest absolute Gasteiger partial charge is 0.282 e. The highest BCUT2D eigenvalue weighted by Gasteiger charge is 2.40. The number of nitrogens with zero attached hydrogens (tertiary/aromatic N) is 1. The number of amides is 3. The molecule has 31 heavy (non-hydrogen) atoms. The minimum Gasteiger partial charge on any atom is -0.350 e. The molecule has 1 aliphatic heterocycles. The number of carbonyl (C=O) groups is 3. The molecule has 3 aromatic carbocycles. The maximum absolute atomic E-state index is 13.4. The maximum atomic E-state index is 13.4. The lowest BCUT2D eigenvalue weighted by atomic mass is 10.0. The van der Waals surface area contributed by atoms with Crippen LogP contribution in [0.3, 0.4) is 0 Å². The molecule has 3 aromatic rings. The Morgan fingerprint density at radius 1 is 0.774 bits per heavy atom. The van der Waals surface area contributed by atoms with Gasteiger partial charge < -0.3 is 10.6 Å². The lowest BCUT2D eigenvalue weighted by Gasteiger charge is -2.15. The Kier molecular flexibility index (Phi) is 5.37. The molecule has 154 valence electrons. The molecule has 4 rings (SSSR count). The van der Waals surface area contributed by atoms with Crippen LogP contribution in [-0.2, 0) is 14.4 Å². The summed E-state index contributed by atoms with van der Waals surface area (Å²) in [5.41, 5.74) is 3.94.